The molecule has 7 rings (SSSR count). The summed E-state index contributed by atoms with van der Waals surface area (Å²) in [5, 5.41) is 15.6. The normalized spacial score (nSPS) is 23.4. The Morgan fingerprint density at radius 1 is 0.914 bits per heavy atom. The summed E-state index contributed by atoms with van der Waals surface area (Å²) < 4.78 is 6.55. The van der Waals surface area contributed by atoms with E-state index in [0.29, 0.717) is 35.6 Å². The lowest BCUT2D eigenvalue weighted by Crippen LogP contribution is -2.74. The molecule has 1 saturated carbocycles. The maximum Gasteiger partial charge on any atom is 0.251 e. The van der Waals surface area contributed by atoms with Gasteiger partial charge in [0.25, 0.3) is 5.91 Å². The number of ketones is 1. The number of carbonyl (C=O) groups excluding carboxylic acids is 3. The first-order valence-corrected chi connectivity index (χ1v) is 20.9. The number of Topliss-reactive ketones (excluding diaryl/α,β-unsaturated/α-hetero) is 1. The van der Waals surface area contributed by atoms with E-state index in [9.17, 15) is 19.6 Å². The minimum atomic E-state index is -0.329. The van der Waals surface area contributed by atoms with Gasteiger partial charge < -0.3 is 25.2 Å². The van der Waals surface area contributed by atoms with Gasteiger partial charge in [-0.05, 0) is 105 Å². The van der Waals surface area contributed by atoms with Gasteiger partial charge in [0.05, 0.1) is 11.6 Å². The first-order valence-electron chi connectivity index (χ1n) is 20.9. The second-order valence-electron chi connectivity index (χ2n) is 18.2. The molecule has 3 aliphatic heterocycles. The van der Waals surface area contributed by atoms with Gasteiger partial charge in [-0.15, -0.1) is 0 Å². The van der Waals surface area contributed by atoms with E-state index in [0.717, 1.165) is 92.6 Å². The second-order valence-corrected chi connectivity index (χ2v) is 18.2. The van der Waals surface area contributed by atoms with Gasteiger partial charge >= 0.3 is 0 Å². The molecule has 4 aliphatic rings. The van der Waals surface area contributed by atoms with E-state index in [1.54, 1.807) is 6.20 Å². The zero-order valence-corrected chi connectivity index (χ0v) is 35.1. The van der Waals surface area contributed by atoms with Crippen LogP contribution in [0.1, 0.15) is 97.3 Å². The molecule has 3 saturated heterocycles. The number of piperazine rings is 1. The predicted molar refractivity (Wildman–Crippen MR) is 227 cm³/mol. The summed E-state index contributed by atoms with van der Waals surface area (Å²) in [5.74, 6) is 0.779. The predicted octanol–water partition coefficient (Wildman–Crippen LogP) is 6.83. The van der Waals surface area contributed by atoms with Crippen molar-refractivity contribution in [2.24, 2.45) is 22.7 Å². The number of amides is 2. The number of anilines is 2. The zero-order chi connectivity index (χ0) is 41.4. The van der Waals surface area contributed by atoms with Crippen LogP contribution in [0.3, 0.4) is 0 Å². The lowest BCUT2D eigenvalue weighted by atomic mass is 9.49. The Morgan fingerprint density at radius 3 is 2.17 bits per heavy atom. The third-order valence-corrected chi connectivity index (χ3v) is 13.3. The van der Waals surface area contributed by atoms with Gasteiger partial charge in [0.2, 0.25) is 5.91 Å². The lowest BCUT2D eigenvalue weighted by molar-refractivity contribution is -0.164. The zero-order valence-electron chi connectivity index (χ0n) is 35.1. The van der Waals surface area contributed by atoms with Gasteiger partial charge in [0, 0.05) is 104 Å². The Balaban J connectivity index is 0.850. The molecule has 2 amide bonds. The first kappa shape index (κ1) is 41.0. The van der Waals surface area contributed by atoms with Crippen LogP contribution < -0.4 is 25.2 Å². The van der Waals surface area contributed by atoms with E-state index in [2.05, 4.69) is 82.8 Å². The van der Waals surface area contributed by atoms with Gasteiger partial charge in [0.15, 0.2) is 5.78 Å². The maximum atomic E-state index is 13.6. The Morgan fingerprint density at radius 2 is 1.55 bits per heavy atom. The molecule has 1 unspecified atom stereocenters. The average molecular weight is 786 g/mol. The van der Waals surface area contributed by atoms with Crippen LogP contribution in [-0.2, 0) is 4.79 Å². The molecule has 11 heteroatoms. The van der Waals surface area contributed by atoms with Crippen LogP contribution in [0.15, 0.2) is 67.0 Å². The van der Waals surface area contributed by atoms with Gasteiger partial charge in [-0.25, -0.2) is 0 Å². The van der Waals surface area contributed by atoms with Crippen molar-refractivity contribution in [3.63, 3.8) is 0 Å². The first-order chi connectivity index (χ1) is 27.6. The number of nitrogens with zero attached hydrogens (tertiary/aromatic N) is 5. The third kappa shape index (κ3) is 8.49. The summed E-state index contributed by atoms with van der Waals surface area (Å²) >= 11 is 0. The van der Waals surface area contributed by atoms with E-state index >= 15 is 0 Å². The summed E-state index contributed by atoms with van der Waals surface area (Å²) in [6, 6.07) is 18.0. The fourth-order valence-corrected chi connectivity index (χ4v) is 10.2. The molecule has 1 atom stereocenters. The summed E-state index contributed by atoms with van der Waals surface area (Å²) in [4.78, 5) is 50.6. The van der Waals surface area contributed by atoms with Crippen molar-refractivity contribution in [3.8, 4) is 11.8 Å². The number of carbonyl (C=O) groups is 3. The maximum absolute atomic E-state index is 13.6. The number of aryl methyl sites for hydroxylation is 2. The van der Waals surface area contributed by atoms with Crippen molar-refractivity contribution >= 4 is 29.0 Å². The number of nitrogens with one attached hydrogen (secondary N) is 2. The molecule has 4 heterocycles. The molecule has 0 bridgehead atoms. The number of hydrogen-bond donors (Lipinski definition) is 2. The second kappa shape index (κ2) is 16.6. The molecule has 3 aromatic rings. The number of benzene rings is 2. The van der Waals surface area contributed by atoms with E-state index in [1.807, 2.05) is 50.2 Å². The number of nitriles is 1. The summed E-state index contributed by atoms with van der Waals surface area (Å²) in [6.45, 7) is 23.1. The van der Waals surface area contributed by atoms with Crippen LogP contribution in [0.25, 0.3) is 0 Å². The quantitative estimate of drug-likeness (QED) is 0.201. The molecular weight excluding hydrogens is 727 g/mol. The number of pyridine rings is 1. The van der Waals surface area contributed by atoms with E-state index in [1.165, 1.54) is 0 Å². The van der Waals surface area contributed by atoms with Crippen molar-refractivity contribution in [2.45, 2.75) is 85.8 Å². The van der Waals surface area contributed by atoms with E-state index in [4.69, 9.17) is 4.74 Å². The number of rotatable bonds is 11. The number of ether oxygens (including phenoxy) is 1. The number of allylic oxidation sites excluding steroid dienone is 1. The number of piperidine rings is 2. The summed E-state index contributed by atoms with van der Waals surface area (Å²) in [5.41, 5.74) is 5.86. The van der Waals surface area contributed by atoms with Crippen molar-refractivity contribution in [2.75, 3.05) is 55.6 Å². The van der Waals surface area contributed by atoms with Crippen LogP contribution in [0.4, 0.5) is 11.4 Å². The lowest BCUT2D eigenvalue weighted by Gasteiger charge is -2.63. The Kier molecular flexibility index (Phi) is 11.7. The fraction of sp³-hybridized carbons (Fsp3) is 0.511. The van der Waals surface area contributed by atoms with Gasteiger partial charge in [0.1, 0.15) is 17.5 Å². The molecule has 2 N–H and O–H groups in total. The topological polar surface area (TPSA) is 131 Å². The van der Waals surface area contributed by atoms with Crippen LogP contribution in [0, 0.1) is 47.8 Å². The van der Waals surface area contributed by atoms with Crippen molar-refractivity contribution in [1.29, 1.82) is 5.26 Å². The van der Waals surface area contributed by atoms with Crippen LogP contribution >= 0.6 is 0 Å². The molecule has 0 radical (unpaired) electrons. The van der Waals surface area contributed by atoms with Crippen molar-refractivity contribution < 1.29 is 19.1 Å². The highest BCUT2D eigenvalue weighted by atomic mass is 16.5. The summed E-state index contributed by atoms with van der Waals surface area (Å²) in [7, 11) is 0. The Hall–Kier alpha value is -5.21. The molecule has 4 fully saturated rings. The molecule has 0 spiro atoms. The molecular formula is C47H59N7O4. The average Bonchev–Trinajstić information content (AvgIpc) is 3.20. The van der Waals surface area contributed by atoms with E-state index < -0.39 is 0 Å². The van der Waals surface area contributed by atoms with Crippen LogP contribution in [0.2, 0.25) is 0 Å². The highest BCUT2D eigenvalue weighted by molar-refractivity contribution is 5.98. The highest BCUT2D eigenvalue weighted by Gasteiger charge is 2.64. The third-order valence-electron chi connectivity index (χ3n) is 13.3. The van der Waals surface area contributed by atoms with Gasteiger partial charge in [-0.3, -0.25) is 24.3 Å². The minimum Gasteiger partial charge on any atom is -0.489 e. The number of hydrogen-bond acceptors (Lipinski definition) is 9. The van der Waals surface area contributed by atoms with Crippen molar-refractivity contribution in [1.82, 2.24) is 20.5 Å². The monoisotopic (exact) mass is 785 g/mol. The number of aromatic nitrogens is 1. The molecule has 306 valence electrons. The highest BCUT2D eigenvalue weighted by Crippen LogP contribution is 2.55. The molecule has 1 aliphatic carbocycles. The molecule has 58 heavy (non-hydrogen) atoms. The molecule has 11 nitrogen and oxygen atoms in total. The van der Waals surface area contributed by atoms with E-state index in [-0.39, 0.29) is 52.9 Å². The Labute approximate surface area is 343 Å². The molecule has 1 aromatic heterocycles. The SMILES string of the molecule is C=C1CCC(CC(=O)c2cc(N3CCN(CC4CCN(c5ccc(C(=O)NC6C(C)(C)C(Oc7cc(C)c(C#N)c(C)c7)C6(C)C)cc5)CC4)CC3)ccn2)C(=O)N1. The molecule has 2 aromatic carbocycles. The van der Waals surface area contributed by atoms with Crippen molar-refractivity contribution in [3.05, 3.63) is 95.0 Å². The summed E-state index contributed by atoms with van der Waals surface area (Å²) in [6.07, 6.45) is 5.37. The van der Waals surface area contributed by atoms with Gasteiger partial charge in [-0.1, -0.05) is 34.3 Å². The largest absolute Gasteiger partial charge is 0.489 e. The standard InChI is InChI=1S/C47H59N7O4/c1-30-24-38(25-31(2)39(30)28-48)58-45-46(4,5)44(47(45,6)7)51-42(56)34-10-12-36(13-11-34)53-18-15-33(16-19-53)29-52-20-22-54(23-21-52)37-14-17-49-40(27-37)41(55)26-35-9-8-32(3)50-43(35)57/h10-14,17,24-25,27,33,35,44-45H,3,8-9,15-16,18-23,26,29H2,1-2,4-7H3,(H,50,57)(H,51,56). The van der Waals surface area contributed by atoms with Crippen LogP contribution in [0.5, 0.6) is 5.75 Å². The fourth-order valence-electron chi connectivity index (χ4n) is 10.2. The van der Waals surface area contributed by atoms with Gasteiger partial charge in [-0.2, -0.15) is 5.26 Å². The Bertz CT molecular complexity index is 2050. The minimum absolute atomic E-state index is 0.0739. The smallest absolute Gasteiger partial charge is 0.251 e. The van der Waals surface area contributed by atoms with Crippen LogP contribution in [-0.4, -0.2) is 85.4 Å².